The Hall–Kier alpha value is -2.86. The fraction of sp³-hybridized carbons (Fsp3) is 0.348. The molecule has 0 aromatic heterocycles. The summed E-state index contributed by atoms with van der Waals surface area (Å²) in [5.41, 5.74) is 2.87. The molecule has 6 nitrogen and oxygen atoms in total. The van der Waals surface area contributed by atoms with Crippen molar-refractivity contribution >= 4 is 40.7 Å². The molecule has 2 heterocycles. The number of carbonyl (C=O) groups excluding carboxylic acids is 3. The van der Waals surface area contributed by atoms with Crippen LogP contribution in [-0.2, 0) is 9.59 Å². The molecule has 1 atom stereocenters. The quantitative estimate of drug-likeness (QED) is 0.794. The van der Waals surface area contributed by atoms with Gasteiger partial charge in [-0.3, -0.25) is 19.3 Å². The van der Waals surface area contributed by atoms with Crippen molar-refractivity contribution in [2.24, 2.45) is 0 Å². The predicted molar refractivity (Wildman–Crippen MR) is 117 cm³/mol. The average molecular weight is 426 g/mol. The number of halogens is 1. The molecule has 1 N–H and O–H groups in total. The van der Waals surface area contributed by atoms with E-state index in [0.717, 1.165) is 11.1 Å². The zero-order valence-electron chi connectivity index (χ0n) is 17.3. The van der Waals surface area contributed by atoms with Crippen LogP contribution in [0.1, 0.15) is 47.7 Å². The lowest BCUT2D eigenvalue weighted by Gasteiger charge is -2.48. The maximum Gasteiger partial charge on any atom is 0.257 e. The number of amides is 3. The third-order valence-corrected chi connectivity index (χ3v) is 6.30. The van der Waals surface area contributed by atoms with Crippen molar-refractivity contribution in [2.75, 3.05) is 16.8 Å². The third-order valence-electron chi connectivity index (χ3n) is 6.00. The van der Waals surface area contributed by atoms with E-state index < -0.39 is 5.66 Å². The van der Waals surface area contributed by atoms with Gasteiger partial charge in [0, 0.05) is 19.4 Å². The monoisotopic (exact) mass is 425 g/mol. The van der Waals surface area contributed by atoms with Gasteiger partial charge in [0.1, 0.15) is 5.66 Å². The van der Waals surface area contributed by atoms with Gasteiger partial charge in [-0.2, -0.15) is 0 Å². The van der Waals surface area contributed by atoms with Gasteiger partial charge < -0.3 is 10.2 Å². The van der Waals surface area contributed by atoms with E-state index >= 15 is 0 Å². The first-order valence-electron chi connectivity index (χ1n) is 10.0. The van der Waals surface area contributed by atoms with Gasteiger partial charge in [-0.15, -0.1) is 0 Å². The lowest BCUT2D eigenvalue weighted by molar-refractivity contribution is -0.117. The summed E-state index contributed by atoms with van der Waals surface area (Å²) in [6.45, 7) is 5.94. The molecule has 7 heteroatoms. The van der Waals surface area contributed by atoms with E-state index in [1.54, 1.807) is 34.1 Å². The third kappa shape index (κ3) is 3.25. The van der Waals surface area contributed by atoms with Crippen molar-refractivity contribution in [2.45, 2.75) is 45.7 Å². The Labute approximate surface area is 180 Å². The van der Waals surface area contributed by atoms with Crippen LogP contribution < -0.4 is 10.2 Å². The summed E-state index contributed by atoms with van der Waals surface area (Å²) in [4.78, 5) is 41.9. The number of hydrogen-bond donors (Lipinski definition) is 1. The molecule has 3 amide bonds. The molecule has 0 saturated carbocycles. The number of fused-ring (bicyclic) bond motifs is 3. The van der Waals surface area contributed by atoms with Crippen molar-refractivity contribution in [1.29, 1.82) is 0 Å². The molecule has 4 rings (SSSR count). The summed E-state index contributed by atoms with van der Waals surface area (Å²) in [5.74, 6) is -0.389. The van der Waals surface area contributed by atoms with Crippen LogP contribution in [0.4, 0.5) is 11.4 Å². The number of benzene rings is 2. The maximum absolute atomic E-state index is 13.2. The Balaban J connectivity index is 1.55. The van der Waals surface area contributed by atoms with E-state index in [1.807, 2.05) is 32.9 Å². The summed E-state index contributed by atoms with van der Waals surface area (Å²) in [5, 5.41) is 3.36. The fourth-order valence-corrected chi connectivity index (χ4v) is 4.90. The summed E-state index contributed by atoms with van der Waals surface area (Å²) in [6, 6.07) is 10.9. The molecule has 0 spiro atoms. The average Bonchev–Trinajstić information content (AvgIpc) is 3.00. The molecule has 30 heavy (non-hydrogen) atoms. The predicted octanol–water partition coefficient (Wildman–Crippen LogP) is 4.28. The highest BCUT2D eigenvalue weighted by atomic mass is 35.5. The van der Waals surface area contributed by atoms with E-state index in [-0.39, 0.29) is 30.7 Å². The number of nitrogens with zero attached hydrogens (tertiary/aromatic N) is 2. The standard InChI is InChI=1S/C23H24ClN3O3/c1-14-12-15(2)21(17(24)13-14)25-19(28)9-11-26-22(30)16-6-4-5-7-18(16)27-20(29)8-10-23(26,27)3/h4-7,12-13H,8-11H2,1-3H3,(H,25,28). The van der Waals surface area contributed by atoms with Crippen molar-refractivity contribution in [3.63, 3.8) is 0 Å². The van der Waals surface area contributed by atoms with Crippen LogP contribution in [0.25, 0.3) is 0 Å². The first-order chi connectivity index (χ1) is 14.2. The first kappa shape index (κ1) is 20.4. The Kier molecular flexibility index (Phi) is 5.06. The zero-order chi connectivity index (χ0) is 21.6. The van der Waals surface area contributed by atoms with Gasteiger partial charge in [0.15, 0.2) is 0 Å². The number of para-hydroxylation sites is 1. The molecular formula is C23H24ClN3O3. The van der Waals surface area contributed by atoms with Gasteiger partial charge in [-0.1, -0.05) is 29.8 Å². The van der Waals surface area contributed by atoms with Gasteiger partial charge in [0.25, 0.3) is 5.91 Å². The summed E-state index contributed by atoms with van der Waals surface area (Å²) < 4.78 is 0. The fourth-order valence-electron chi connectivity index (χ4n) is 4.53. The van der Waals surface area contributed by atoms with Crippen LogP contribution in [0, 0.1) is 13.8 Å². The van der Waals surface area contributed by atoms with E-state index in [4.69, 9.17) is 11.6 Å². The molecule has 2 aliphatic heterocycles. The lowest BCUT2D eigenvalue weighted by Crippen LogP contribution is -2.62. The minimum Gasteiger partial charge on any atom is -0.324 e. The molecule has 2 aromatic carbocycles. The highest BCUT2D eigenvalue weighted by Gasteiger charge is 2.52. The number of rotatable bonds is 4. The molecule has 2 aromatic rings. The van der Waals surface area contributed by atoms with Crippen LogP contribution in [0.2, 0.25) is 5.02 Å². The van der Waals surface area contributed by atoms with Gasteiger partial charge >= 0.3 is 0 Å². The van der Waals surface area contributed by atoms with E-state index in [1.165, 1.54) is 0 Å². The van der Waals surface area contributed by atoms with Gasteiger partial charge in [-0.25, -0.2) is 0 Å². The Morgan fingerprint density at radius 1 is 1.20 bits per heavy atom. The number of carbonyl (C=O) groups is 3. The molecule has 156 valence electrons. The van der Waals surface area contributed by atoms with Crippen LogP contribution in [0.15, 0.2) is 36.4 Å². The van der Waals surface area contributed by atoms with Crippen molar-refractivity contribution in [3.8, 4) is 0 Å². The van der Waals surface area contributed by atoms with Gasteiger partial charge in [0.2, 0.25) is 11.8 Å². The second-order valence-corrected chi connectivity index (χ2v) is 8.56. The minimum absolute atomic E-state index is 0.00559. The number of nitrogens with one attached hydrogen (secondary N) is 1. The number of hydrogen-bond acceptors (Lipinski definition) is 3. The summed E-state index contributed by atoms with van der Waals surface area (Å²) >= 11 is 6.29. The highest BCUT2D eigenvalue weighted by Crippen LogP contribution is 2.44. The summed E-state index contributed by atoms with van der Waals surface area (Å²) in [7, 11) is 0. The second kappa shape index (κ2) is 7.43. The molecule has 0 bridgehead atoms. The Morgan fingerprint density at radius 2 is 1.93 bits per heavy atom. The van der Waals surface area contributed by atoms with Gasteiger partial charge in [0.05, 0.1) is 22.0 Å². The molecule has 1 fully saturated rings. The number of aryl methyl sites for hydroxylation is 2. The molecule has 2 aliphatic rings. The smallest absolute Gasteiger partial charge is 0.257 e. The molecule has 0 aliphatic carbocycles. The SMILES string of the molecule is Cc1cc(C)c(NC(=O)CCN2C(=O)c3ccccc3N3C(=O)CCC23C)c(Cl)c1. The molecule has 0 radical (unpaired) electrons. The van der Waals surface area contributed by atoms with Crippen molar-refractivity contribution in [3.05, 3.63) is 58.1 Å². The van der Waals surface area contributed by atoms with Crippen LogP contribution in [0.3, 0.4) is 0 Å². The second-order valence-electron chi connectivity index (χ2n) is 8.16. The Bertz CT molecular complexity index is 1040. The number of anilines is 2. The highest BCUT2D eigenvalue weighted by molar-refractivity contribution is 6.34. The molecule has 1 unspecified atom stereocenters. The largest absolute Gasteiger partial charge is 0.324 e. The van der Waals surface area contributed by atoms with E-state index in [2.05, 4.69) is 5.32 Å². The van der Waals surface area contributed by atoms with E-state index in [9.17, 15) is 14.4 Å². The maximum atomic E-state index is 13.2. The Morgan fingerprint density at radius 3 is 2.67 bits per heavy atom. The van der Waals surface area contributed by atoms with Crippen LogP contribution >= 0.6 is 11.6 Å². The molecular weight excluding hydrogens is 402 g/mol. The lowest BCUT2D eigenvalue weighted by atomic mass is 9.98. The van der Waals surface area contributed by atoms with Crippen LogP contribution in [-0.4, -0.2) is 34.8 Å². The van der Waals surface area contributed by atoms with Crippen molar-refractivity contribution in [1.82, 2.24) is 4.90 Å². The van der Waals surface area contributed by atoms with Crippen LogP contribution in [0.5, 0.6) is 0 Å². The topological polar surface area (TPSA) is 69.7 Å². The molecule has 1 saturated heterocycles. The van der Waals surface area contributed by atoms with Crippen molar-refractivity contribution < 1.29 is 14.4 Å². The van der Waals surface area contributed by atoms with Gasteiger partial charge in [-0.05, 0) is 56.5 Å². The zero-order valence-corrected chi connectivity index (χ0v) is 18.0. The normalized spacial score (nSPS) is 20.3. The summed E-state index contributed by atoms with van der Waals surface area (Å²) in [6.07, 6.45) is 1.02. The van der Waals surface area contributed by atoms with E-state index in [0.29, 0.717) is 34.8 Å². The first-order valence-corrected chi connectivity index (χ1v) is 10.4. The minimum atomic E-state index is -0.764.